The fourth-order valence-electron chi connectivity index (χ4n) is 1.44. The van der Waals surface area contributed by atoms with Gasteiger partial charge in [0.1, 0.15) is 5.82 Å². The minimum Gasteiger partial charge on any atom is -0.480 e. The summed E-state index contributed by atoms with van der Waals surface area (Å²) in [7, 11) is 1.52. The molecule has 0 aliphatic rings. The van der Waals surface area contributed by atoms with E-state index in [1.54, 1.807) is 10.8 Å². The molecule has 0 spiro atoms. The van der Waals surface area contributed by atoms with Gasteiger partial charge in [0.15, 0.2) is 5.69 Å². The topological polar surface area (TPSA) is 102 Å². The van der Waals surface area contributed by atoms with Crippen LogP contribution in [0.25, 0.3) is 0 Å². The normalized spacial score (nSPS) is 10.2. The van der Waals surface area contributed by atoms with Gasteiger partial charge in [-0.25, -0.2) is 9.78 Å². The number of carboxylic acids is 1. The van der Waals surface area contributed by atoms with Gasteiger partial charge in [0, 0.05) is 19.3 Å². The molecule has 0 aromatic carbocycles. The van der Waals surface area contributed by atoms with Crippen LogP contribution in [0.3, 0.4) is 0 Å². The number of methoxy groups -OCH3 is 1. The first kappa shape index (κ1) is 12.8. The molecule has 0 amide bonds. The van der Waals surface area contributed by atoms with Gasteiger partial charge in [-0.1, -0.05) is 0 Å². The Balaban J connectivity index is 1.86. The maximum absolute atomic E-state index is 10.7. The first-order valence-corrected chi connectivity index (χ1v) is 5.54. The smallest absolute Gasteiger partial charge is 0.356 e. The summed E-state index contributed by atoms with van der Waals surface area (Å²) in [6.45, 7) is 1.14. The molecule has 8 heteroatoms. The van der Waals surface area contributed by atoms with Crippen molar-refractivity contribution >= 4 is 11.8 Å². The summed E-state index contributed by atoms with van der Waals surface area (Å²) in [5.74, 6) is -0.0101. The molecule has 2 N–H and O–H groups in total. The second-order valence-corrected chi connectivity index (χ2v) is 3.68. The highest BCUT2D eigenvalue weighted by Crippen LogP contribution is 2.07. The zero-order valence-corrected chi connectivity index (χ0v) is 10.3. The van der Waals surface area contributed by atoms with Crippen LogP contribution in [-0.4, -0.2) is 44.2 Å². The fourth-order valence-corrected chi connectivity index (χ4v) is 1.44. The monoisotopic (exact) mass is 263 g/mol. The van der Waals surface area contributed by atoms with Gasteiger partial charge in [-0.05, 0) is 0 Å². The van der Waals surface area contributed by atoms with Gasteiger partial charge in [0.2, 0.25) is 5.88 Å². The predicted molar refractivity (Wildman–Crippen MR) is 66.3 cm³/mol. The Morgan fingerprint density at radius 2 is 2.37 bits per heavy atom. The minimum absolute atomic E-state index is 0.0289. The number of hydrogen-bond donors (Lipinski definition) is 2. The molecule has 2 rings (SSSR count). The molecular formula is C11H13N5O3. The SMILES string of the molecule is COc1cncc(NCCn2cnc(C(=O)O)c2)n1. The van der Waals surface area contributed by atoms with Gasteiger partial charge in [0.25, 0.3) is 0 Å². The van der Waals surface area contributed by atoms with Crippen LogP contribution in [-0.2, 0) is 6.54 Å². The molecule has 0 aliphatic heterocycles. The van der Waals surface area contributed by atoms with Gasteiger partial charge in [-0.2, -0.15) is 4.98 Å². The number of rotatable bonds is 6. The Kier molecular flexibility index (Phi) is 3.91. The van der Waals surface area contributed by atoms with E-state index in [9.17, 15) is 4.79 Å². The molecule has 0 saturated heterocycles. The summed E-state index contributed by atoms with van der Waals surface area (Å²) in [5, 5.41) is 11.8. The van der Waals surface area contributed by atoms with Gasteiger partial charge in [-0.3, -0.25) is 4.98 Å². The van der Waals surface area contributed by atoms with Crippen molar-refractivity contribution in [2.75, 3.05) is 19.0 Å². The minimum atomic E-state index is -1.04. The molecular weight excluding hydrogens is 250 g/mol. The molecule has 0 fully saturated rings. The standard InChI is InChI=1S/C11H13N5O3/c1-19-10-5-12-4-9(15-10)13-2-3-16-6-8(11(17)18)14-7-16/h4-7H,2-3H2,1H3,(H,13,15)(H,17,18). The largest absolute Gasteiger partial charge is 0.480 e. The summed E-state index contributed by atoms with van der Waals surface area (Å²) >= 11 is 0. The number of carbonyl (C=O) groups is 1. The number of ether oxygens (including phenoxy) is 1. The number of imidazole rings is 1. The number of anilines is 1. The second-order valence-electron chi connectivity index (χ2n) is 3.68. The summed E-state index contributed by atoms with van der Waals surface area (Å²) in [4.78, 5) is 22.5. The van der Waals surface area contributed by atoms with Crippen LogP contribution >= 0.6 is 0 Å². The molecule has 0 bridgehead atoms. The first-order chi connectivity index (χ1) is 9.19. The van der Waals surface area contributed by atoms with Crippen molar-refractivity contribution in [2.45, 2.75) is 6.54 Å². The van der Waals surface area contributed by atoms with Crippen molar-refractivity contribution in [3.8, 4) is 5.88 Å². The van der Waals surface area contributed by atoms with Crippen molar-refractivity contribution in [3.63, 3.8) is 0 Å². The van der Waals surface area contributed by atoms with Gasteiger partial charge < -0.3 is 19.7 Å². The summed E-state index contributed by atoms with van der Waals surface area (Å²) in [6, 6.07) is 0. The summed E-state index contributed by atoms with van der Waals surface area (Å²) < 4.78 is 6.64. The molecule has 8 nitrogen and oxygen atoms in total. The Hall–Kier alpha value is -2.64. The summed E-state index contributed by atoms with van der Waals surface area (Å²) in [5.41, 5.74) is 0.0289. The molecule has 19 heavy (non-hydrogen) atoms. The lowest BCUT2D eigenvalue weighted by Crippen LogP contribution is -2.10. The molecule has 2 heterocycles. The molecule has 0 unspecified atom stereocenters. The molecule has 0 saturated carbocycles. The van der Waals surface area contributed by atoms with Crippen molar-refractivity contribution in [1.82, 2.24) is 19.5 Å². The highest BCUT2D eigenvalue weighted by Gasteiger charge is 2.06. The molecule has 2 aromatic heterocycles. The average Bonchev–Trinajstić information content (AvgIpc) is 2.88. The fraction of sp³-hybridized carbons (Fsp3) is 0.273. The number of hydrogen-bond acceptors (Lipinski definition) is 6. The highest BCUT2D eigenvalue weighted by molar-refractivity contribution is 5.84. The Morgan fingerprint density at radius 1 is 1.53 bits per heavy atom. The third-order valence-corrected chi connectivity index (χ3v) is 2.35. The molecule has 100 valence electrons. The number of carboxylic acid groups (broad SMARTS) is 1. The van der Waals surface area contributed by atoms with E-state index < -0.39 is 5.97 Å². The van der Waals surface area contributed by atoms with Gasteiger partial charge in [0.05, 0.1) is 25.8 Å². The van der Waals surface area contributed by atoms with Crippen molar-refractivity contribution in [1.29, 1.82) is 0 Å². The highest BCUT2D eigenvalue weighted by atomic mass is 16.5. The van der Waals surface area contributed by atoms with E-state index in [4.69, 9.17) is 9.84 Å². The van der Waals surface area contributed by atoms with Crippen molar-refractivity contribution in [3.05, 3.63) is 30.6 Å². The van der Waals surface area contributed by atoms with Crippen LogP contribution in [0, 0.1) is 0 Å². The number of aromatic carboxylic acids is 1. The maximum Gasteiger partial charge on any atom is 0.356 e. The lowest BCUT2D eigenvalue weighted by atomic mass is 10.5. The molecule has 0 radical (unpaired) electrons. The first-order valence-electron chi connectivity index (χ1n) is 5.54. The van der Waals surface area contributed by atoms with Crippen LogP contribution in [0.1, 0.15) is 10.5 Å². The maximum atomic E-state index is 10.7. The van der Waals surface area contributed by atoms with Crippen LogP contribution in [0.15, 0.2) is 24.9 Å². The number of nitrogens with zero attached hydrogens (tertiary/aromatic N) is 4. The van der Waals surface area contributed by atoms with Crippen LogP contribution in [0.5, 0.6) is 5.88 Å². The van der Waals surface area contributed by atoms with E-state index in [-0.39, 0.29) is 5.69 Å². The Bertz CT molecular complexity index is 569. The Labute approximate surface area is 109 Å². The zero-order chi connectivity index (χ0) is 13.7. The van der Waals surface area contributed by atoms with E-state index in [1.807, 2.05) is 0 Å². The van der Waals surface area contributed by atoms with E-state index >= 15 is 0 Å². The Morgan fingerprint density at radius 3 is 3.05 bits per heavy atom. The van der Waals surface area contributed by atoms with E-state index in [1.165, 1.54) is 25.8 Å². The van der Waals surface area contributed by atoms with Crippen LogP contribution in [0.2, 0.25) is 0 Å². The number of nitrogens with one attached hydrogen (secondary N) is 1. The van der Waals surface area contributed by atoms with Crippen molar-refractivity contribution < 1.29 is 14.6 Å². The quantitative estimate of drug-likeness (QED) is 0.781. The predicted octanol–water partition coefficient (Wildman–Crippen LogP) is 0.492. The van der Waals surface area contributed by atoms with Crippen molar-refractivity contribution in [2.24, 2.45) is 0 Å². The molecule has 0 atom stereocenters. The van der Waals surface area contributed by atoms with Crippen LogP contribution < -0.4 is 10.1 Å². The lowest BCUT2D eigenvalue weighted by molar-refractivity contribution is 0.0691. The lowest BCUT2D eigenvalue weighted by Gasteiger charge is -2.06. The third-order valence-electron chi connectivity index (χ3n) is 2.35. The van der Waals surface area contributed by atoms with Gasteiger partial charge >= 0.3 is 5.97 Å². The van der Waals surface area contributed by atoms with E-state index in [0.29, 0.717) is 24.8 Å². The zero-order valence-electron chi connectivity index (χ0n) is 10.3. The number of aromatic nitrogens is 4. The molecule has 2 aromatic rings. The van der Waals surface area contributed by atoms with Gasteiger partial charge in [-0.15, -0.1) is 0 Å². The van der Waals surface area contributed by atoms with E-state index in [2.05, 4.69) is 20.3 Å². The third kappa shape index (κ3) is 3.41. The molecule has 0 aliphatic carbocycles. The van der Waals surface area contributed by atoms with Crippen LogP contribution in [0.4, 0.5) is 5.82 Å². The summed E-state index contributed by atoms with van der Waals surface area (Å²) in [6.07, 6.45) is 6.04. The second kappa shape index (κ2) is 5.80. The van der Waals surface area contributed by atoms with E-state index in [0.717, 1.165) is 0 Å². The average molecular weight is 263 g/mol.